The van der Waals surface area contributed by atoms with Gasteiger partial charge in [-0.25, -0.2) is 4.79 Å². The second-order valence-electron chi connectivity index (χ2n) is 7.21. The van der Waals surface area contributed by atoms with Crippen LogP contribution in [0.4, 0.5) is 5.69 Å². The average molecular weight is 372 g/mol. The quantitative estimate of drug-likeness (QED) is 0.763. The fraction of sp³-hybridized carbons (Fsp3) is 0.526. The Morgan fingerprint density at radius 1 is 1.26 bits per heavy atom. The van der Waals surface area contributed by atoms with E-state index in [1.807, 2.05) is 18.2 Å². The van der Waals surface area contributed by atoms with Crippen LogP contribution in [0.3, 0.4) is 0 Å². The highest BCUT2D eigenvalue weighted by molar-refractivity contribution is 6.40. The molecule has 2 fully saturated rings. The van der Waals surface area contributed by atoms with Gasteiger partial charge in [0.1, 0.15) is 5.71 Å². The van der Waals surface area contributed by atoms with Crippen LogP contribution in [0.25, 0.3) is 0 Å². The van der Waals surface area contributed by atoms with Gasteiger partial charge in [0.05, 0.1) is 18.4 Å². The largest absolute Gasteiger partial charge is 0.480 e. The average Bonchev–Trinajstić information content (AvgIpc) is 3.44. The summed E-state index contributed by atoms with van der Waals surface area (Å²) in [6.45, 7) is 2.87. The highest BCUT2D eigenvalue weighted by Crippen LogP contribution is 2.28. The van der Waals surface area contributed by atoms with Gasteiger partial charge in [-0.05, 0) is 25.0 Å². The van der Waals surface area contributed by atoms with Gasteiger partial charge in [0, 0.05) is 32.1 Å². The molecule has 2 aliphatic heterocycles. The van der Waals surface area contributed by atoms with Crippen molar-refractivity contribution in [1.82, 2.24) is 10.2 Å². The van der Waals surface area contributed by atoms with Crippen molar-refractivity contribution < 1.29 is 19.4 Å². The van der Waals surface area contributed by atoms with Gasteiger partial charge in [-0.1, -0.05) is 18.2 Å². The SMILES string of the molecule is O=C(NCC1CN(C2CC2)CCO1)C1=NN(c2ccccc2)C(C(=O)O)C1. The third kappa shape index (κ3) is 4.12. The van der Waals surface area contributed by atoms with Gasteiger partial charge >= 0.3 is 5.97 Å². The lowest BCUT2D eigenvalue weighted by molar-refractivity contribution is -0.138. The number of carbonyl (C=O) groups excluding carboxylic acids is 1. The van der Waals surface area contributed by atoms with E-state index in [-0.39, 0.29) is 24.1 Å². The number of carboxylic acids is 1. The van der Waals surface area contributed by atoms with Gasteiger partial charge in [0.2, 0.25) is 0 Å². The van der Waals surface area contributed by atoms with E-state index < -0.39 is 12.0 Å². The molecular formula is C19H24N4O4. The zero-order valence-electron chi connectivity index (χ0n) is 15.1. The van der Waals surface area contributed by atoms with Crippen molar-refractivity contribution in [3.05, 3.63) is 30.3 Å². The lowest BCUT2D eigenvalue weighted by Crippen LogP contribution is -2.49. The predicted molar refractivity (Wildman–Crippen MR) is 99.7 cm³/mol. The van der Waals surface area contributed by atoms with Crippen molar-refractivity contribution in [2.45, 2.75) is 37.5 Å². The minimum absolute atomic E-state index is 0.0363. The molecule has 0 bridgehead atoms. The van der Waals surface area contributed by atoms with Crippen LogP contribution in [-0.2, 0) is 14.3 Å². The second-order valence-corrected chi connectivity index (χ2v) is 7.21. The van der Waals surface area contributed by atoms with Crippen LogP contribution in [0, 0.1) is 0 Å². The number of carboxylic acid groups (broad SMARTS) is 1. The molecule has 0 radical (unpaired) electrons. The van der Waals surface area contributed by atoms with Crippen LogP contribution in [0.2, 0.25) is 0 Å². The van der Waals surface area contributed by atoms with Gasteiger partial charge in [-0.3, -0.25) is 14.7 Å². The number of carbonyl (C=O) groups is 2. The minimum Gasteiger partial charge on any atom is -0.480 e. The number of aliphatic carboxylic acids is 1. The van der Waals surface area contributed by atoms with Crippen molar-refractivity contribution in [3.8, 4) is 0 Å². The predicted octanol–water partition coefficient (Wildman–Crippen LogP) is 0.685. The van der Waals surface area contributed by atoms with Crippen LogP contribution >= 0.6 is 0 Å². The van der Waals surface area contributed by atoms with Crippen molar-refractivity contribution >= 4 is 23.3 Å². The number of hydrogen-bond donors (Lipinski definition) is 2. The summed E-state index contributed by atoms with van der Waals surface area (Å²) in [5.41, 5.74) is 0.893. The zero-order valence-corrected chi connectivity index (χ0v) is 15.1. The molecule has 3 aliphatic rings. The number of hydrazone groups is 1. The lowest BCUT2D eigenvalue weighted by atomic mass is 10.1. The highest BCUT2D eigenvalue weighted by Gasteiger charge is 2.37. The molecule has 0 spiro atoms. The van der Waals surface area contributed by atoms with Crippen molar-refractivity contribution in [3.63, 3.8) is 0 Å². The molecule has 0 aromatic heterocycles. The van der Waals surface area contributed by atoms with Gasteiger partial charge in [0.15, 0.2) is 6.04 Å². The Labute approximate surface area is 157 Å². The van der Waals surface area contributed by atoms with E-state index >= 15 is 0 Å². The number of amides is 1. The fourth-order valence-corrected chi connectivity index (χ4v) is 3.60. The van der Waals surface area contributed by atoms with Crippen molar-refractivity contribution in [2.75, 3.05) is 31.3 Å². The standard InChI is InChI=1S/C19H24N4O4/c24-18(20-11-15-12-22(8-9-27-15)13-6-7-13)16-10-17(19(25)26)23(21-16)14-4-2-1-3-5-14/h1-5,13,15,17H,6-12H2,(H,20,24)(H,25,26). The maximum atomic E-state index is 12.5. The van der Waals surface area contributed by atoms with Gasteiger partial charge in [0.25, 0.3) is 5.91 Å². The molecule has 8 nitrogen and oxygen atoms in total. The van der Waals surface area contributed by atoms with Gasteiger partial charge in [-0.2, -0.15) is 5.10 Å². The summed E-state index contributed by atoms with van der Waals surface area (Å²) in [6, 6.07) is 8.85. The molecule has 4 rings (SSSR count). The van der Waals surface area contributed by atoms with Crippen LogP contribution < -0.4 is 10.3 Å². The smallest absolute Gasteiger partial charge is 0.328 e. The zero-order chi connectivity index (χ0) is 18.8. The van der Waals surface area contributed by atoms with Gasteiger partial charge < -0.3 is 15.2 Å². The molecule has 2 atom stereocenters. The molecule has 1 saturated heterocycles. The first kappa shape index (κ1) is 17.9. The summed E-state index contributed by atoms with van der Waals surface area (Å²) in [4.78, 5) is 26.5. The number of para-hydroxylation sites is 1. The Kier molecular flexibility index (Phi) is 5.09. The Morgan fingerprint density at radius 2 is 2.04 bits per heavy atom. The van der Waals surface area contributed by atoms with Crippen LogP contribution in [0.1, 0.15) is 19.3 Å². The highest BCUT2D eigenvalue weighted by atomic mass is 16.5. The van der Waals surface area contributed by atoms with E-state index in [1.165, 1.54) is 17.9 Å². The third-order valence-corrected chi connectivity index (χ3v) is 5.20. The number of rotatable bonds is 6. The molecule has 144 valence electrons. The van der Waals surface area contributed by atoms with Crippen LogP contribution in [0.5, 0.6) is 0 Å². The summed E-state index contributed by atoms with van der Waals surface area (Å²) in [6.07, 6.45) is 2.55. The number of benzene rings is 1. The van der Waals surface area contributed by atoms with Gasteiger partial charge in [-0.15, -0.1) is 0 Å². The molecule has 1 aromatic rings. The molecule has 1 amide bonds. The van der Waals surface area contributed by atoms with E-state index in [1.54, 1.807) is 12.1 Å². The second kappa shape index (κ2) is 7.66. The monoisotopic (exact) mass is 372 g/mol. The molecule has 2 N–H and O–H groups in total. The van der Waals surface area contributed by atoms with E-state index in [2.05, 4.69) is 15.3 Å². The lowest BCUT2D eigenvalue weighted by Gasteiger charge is -2.33. The minimum atomic E-state index is -0.999. The Morgan fingerprint density at radius 3 is 2.74 bits per heavy atom. The first-order valence-electron chi connectivity index (χ1n) is 9.40. The molecular weight excluding hydrogens is 348 g/mol. The summed E-state index contributed by atoms with van der Waals surface area (Å²) in [5.74, 6) is -1.33. The molecule has 1 saturated carbocycles. The maximum absolute atomic E-state index is 12.5. The summed E-state index contributed by atoms with van der Waals surface area (Å²) in [7, 11) is 0. The molecule has 2 unspecified atom stereocenters. The van der Waals surface area contributed by atoms with Crippen molar-refractivity contribution in [2.24, 2.45) is 5.10 Å². The van der Waals surface area contributed by atoms with E-state index in [4.69, 9.17) is 4.74 Å². The van der Waals surface area contributed by atoms with Crippen LogP contribution in [0.15, 0.2) is 35.4 Å². The molecule has 1 aliphatic carbocycles. The van der Waals surface area contributed by atoms with E-state index in [0.717, 1.165) is 13.1 Å². The van der Waals surface area contributed by atoms with E-state index in [0.29, 0.717) is 24.9 Å². The Balaban J connectivity index is 1.37. The fourth-order valence-electron chi connectivity index (χ4n) is 3.60. The van der Waals surface area contributed by atoms with Crippen molar-refractivity contribution in [1.29, 1.82) is 0 Å². The number of morpholine rings is 1. The Bertz CT molecular complexity index is 734. The summed E-state index contributed by atoms with van der Waals surface area (Å²) >= 11 is 0. The number of ether oxygens (including phenoxy) is 1. The number of nitrogens with one attached hydrogen (secondary N) is 1. The first-order chi connectivity index (χ1) is 13.1. The number of nitrogens with zero attached hydrogens (tertiary/aromatic N) is 3. The molecule has 1 aromatic carbocycles. The van der Waals surface area contributed by atoms with Crippen LogP contribution in [-0.4, -0.2) is 72.0 Å². The molecule has 27 heavy (non-hydrogen) atoms. The number of anilines is 1. The maximum Gasteiger partial charge on any atom is 0.328 e. The number of hydrogen-bond acceptors (Lipinski definition) is 6. The summed E-state index contributed by atoms with van der Waals surface area (Å²) in [5, 5.41) is 18.0. The normalized spacial score (nSPS) is 25.9. The molecule has 2 heterocycles. The summed E-state index contributed by atoms with van der Waals surface area (Å²) < 4.78 is 5.75. The third-order valence-electron chi connectivity index (χ3n) is 5.20. The molecule has 8 heteroatoms. The first-order valence-corrected chi connectivity index (χ1v) is 9.40. The Hall–Kier alpha value is -2.45. The topological polar surface area (TPSA) is 94.5 Å². The van der Waals surface area contributed by atoms with E-state index in [9.17, 15) is 14.7 Å².